The Morgan fingerprint density at radius 3 is 2.46 bits per heavy atom. The van der Waals surface area contributed by atoms with E-state index in [2.05, 4.69) is 21.2 Å². The molecule has 1 aliphatic heterocycles. The molecule has 6 nitrogen and oxygen atoms in total. The van der Waals surface area contributed by atoms with E-state index in [9.17, 15) is 9.59 Å². The Bertz CT molecular complexity index is 1290. The molecule has 4 rings (SSSR count). The minimum absolute atomic E-state index is 0.195. The predicted molar refractivity (Wildman–Crippen MR) is 139 cm³/mol. The van der Waals surface area contributed by atoms with Gasteiger partial charge >= 0.3 is 6.03 Å². The van der Waals surface area contributed by atoms with E-state index in [1.54, 1.807) is 18.2 Å². The minimum atomic E-state index is -0.452. The summed E-state index contributed by atoms with van der Waals surface area (Å²) in [6.45, 7) is 4.83. The van der Waals surface area contributed by atoms with Gasteiger partial charge in [0.1, 0.15) is 12.3 Å². The largest absolute Gasteiger partial charge is 0.490 e. The predicted octanol–water partition coefficient (Wildman–Crippen LogP) is 6.48. The number of nitrogens with one attached hydrogen (secondary N) is 1. The fourth-order valence-electron chi connectivity index (χ4n) is 3.65. The van der Waals surface area contributed by atoms with Crippen molar-refractivity contribution in [3.05, 3.63) is 98.1 Å². The Morgan fingerprint density at radius 2 is 1.74 bits per heavy atom. The molecule has 0 aromatic heterocycles. The van der Waals surface area contributed by atoms with Gasteiger partial charge in [0.2, 0.25) is 0 Å². The third-order valence-corrected chi connectivity index (χ3v) is 6.29. The van der Waals surface area contributed by atoms with Crippen LogP contribution in [-0.2, 0) is 17.9 Å². The van der Waals surface area contributed by atoms with Gasteiger partial charge in [-0.25, -0.2) is 4.79 Å². The van der Waals surface area contributed by atoms with Crippen molar-refractivity contribution in [2.75, 3.05) is 6.61 Å². The molecule has 3 aromatic rings. The maximum atomic E-state index is 13.0. The van der Waals surface area contributed by atoms with Gasteiger partial charge in [-0.05, 0) is 60.9 Å². The third-order valence-electron chi connectivity index (χ3n) is 5.36. The number of amides is 3. The lowest BCUT2D eigenvalue weighted by molar-refractivity contribution is -0.123. The Hall–Kier alpha value is -3.29. The second-order valence-corrected chi connectivity index (χ2v) is 9.33. The molecule has 0 unspecified atom stereocenters. The van der Waals surface area contributed by atoms with Gasteiger partial charge in [-0.15, -0.1) is 0 Å². The average Bonchev–Trinajstić information content (AvgIpc) is 3.08. The number of ether oxygens (including phenoxy) is 2. The summed E-state index contributed by atoms with van der Waals surface area (Å²) >= 11 is 9.50. The average molecular weight is 556 g/mol. The fourth-order valence-corrected chi connectivity index (χ4v) is 4.21. The molecular formula is C27H24BrClN2O4. The van der Waals surface area contributed by atoms with Gasteiger partial charge in [-0.2, -0.15) is 0 Å². The van der Waals surface area contributed by atoms with Crippen molar-refractivity contribution < 1.29 is 19.1 Å². The number of nitrogens with zero attached hydrogens (tertiary/aromatic N) is 1. The Balaban J connectivity index is 1.55. The van der Waals surface area contributed by atoms with Crippen LogP contribution in [0.15, 0.2) is 70.8 Å². The van der Waals surface area contributed by atoms with E-state index in [0.29, 0.717) is 39.8 Å². The molecule has 1 saturated heterocycles. The zero-order valence-corrected chi connectivity index (χ0v) is 21.7. The van der Waals surface area contributed by atoms with Crippen LogP contribution in [0.1, 0.15) is 29.2 Å². The van der Waals surface area contributed by atoms with Gasteiger partial charge in [-0.1, -0.05) is 69.5 Å². The molecule has 180 valence electrons. The molecular weight excluding hydrogens is 532 g/mol. The number of urea groups is 1. The van der Waals surface area contributed by atoms with Crippen LogP contribution in [0, 0.1) is 6.92 Å². The first-order valence-corrected chi connectivity index (χ1v) is 12.2. The van der Waals surface area contributed by atoms with Gasteiger partial charge < -0.3 is 14.8 Å². The molecule has 0 bridgehead atoms. The number of imide groups is 1. The summed E-state index contributed by atoms with van der Waals surface area (Å²) in [5, 5.41) is 3.34. The standard InChI is InChI=1S/C27H24BrClN2O4/c1-3-34-24-13-20(22(28)14-25(24)35-16-18-7-9-21(29)10-8-18)12-23-26(32)31(27(33)30-23)15-19-6-4-5-17(2)11-19/h4-14H,3,15-16H2,1-2H3,(H,30,33)/b23-12+. The first-order valence-electron chi connectivity index (χ1n) is 11.1. The van der Waals surface area contributed by atoms with Crippen LogP contribution in [-0.4, -0.2) is 23.4 Å². The van der Waals surface area contributed by atoms with Crippen LogP contribution < -0.4 is 14.8 Å². The second kappa shape index (κ2) is 11.0. The summed E-state index contributed by atoms with van der Waals surface area (Å²) in [6, 6.07) is 18.2. The molecule has 0 aliphatic carbocycles. The van der Waals surface area contributed by atoms with Crippen molar-refractivity contribution in [1.29, 1.82) is 0 Å². The first kappa shape index (κ1) is 24.8. The number of carbonyl (C=O) groups is 2. The summed E-state index contributed by atoms with van der Waals surface area (Å²) < 4.78 is 12.5. The summed E-state index contributed by atoms with van der Waals surface area (Å²) in [5.74, 6) is 0.702. The van der Waals surface area contributed by atoms with Crippen LogP contribution in [0.25, 0.3) is 6.08 Å². The number of hydrogen-bond acceptors (Lipinski definition) is 4. The van der Waals surface area contributed by atoms with Crippen molar-refractivity contribution in [2.45, 2.75) is 27.0 Å². The Labute approximate surface area is 217 Å². The lowest BCUT2D eigenvalue weighted by atomic mass is 10.1. The van der Waals surface area contributed by atoms with E-state index in [-0.39, 0.29) is 18.1 Å². The molecule has 0 saturated carbocycles. The quantitative estimate of drug-likeness (QED) is 0.255. The van der Waals surface area contributed by atoms with E-state index in [0.717, 1.165) is 16.7 Å². The summed E-state index contributed by atoms with van der Waals surface area (Å²) in [6.07, 6.45) is 1.63. The normalized spacial score (nSPS) is 14.4. The van der Waals surface area contributed by atoms with E-state index < -0.39 is 6.03 Å². The molecule has 1 fully saturated rings. The number of rotatable bonds is 8. The summed E-state index contributed by atoms with van der Waals surface area (Å²) in [7, 11) is 0. The van der Waals surface area contributed by atoms with Gasteiger partial charge in [-0.3, -0.25) is 9.69 Å². The summed E-state index contributed by atoms with van der Waals surface area (Å²) in [4.78, 5) is 26.7. The number of aryl methyl sites for hydroxylation is 1. The summed E-state index contributed by atoms with van der Waals surface area (Å²) in [5.41, 5.74) is 3.79. The van der Waals surface area contributed by atoms with E-state index in [1.807, 2.05) is 62.4 Å². The first-order chi connectivity index (χ1) is 16.8. The van der Waals surface area contributed by atoms with Crippen LogP contribution in [0.3, 0.4) is 0 Å². The molecule has 3 amide bonds. The number of hydrogen-bond donors (Lipinski definition) is 1. The molecule has 8 heteroatoms. The van der Waals surface area contributed by atoms with Crippen molar-refractivity contribution in [1.82, 2.24) is 10.2 Å². The molecule has 0 spiro atoms. The zero-order chi connectivity index (χ0) is 24.9. The van der Waals surface area contributed by atoms with Crippen molar-refractivity contribution in [3.63, 3.8) is 0 Å². The van der Waals surface area contributed by atoms with Gasteiger partial charge in [0.25, 0.3) is 5.91 Å². The Kier molecular flexibility index (Phi) is 7.78. The highest BCUT2D eigenvalue weighted by Crippen LogP contribution is 2.36. The lowest BCUT2D eigenvalue weighted by Gasteiger charge is -2.14. The van der Waals surface area contributed by atoms with Crippen molar-refractivity contribution in [2.24, 2.45) is 0 Å². The molecule has 35 heavy (non-hydrogen) atoms. The van der Waals surface area contributed by atoms with E-state index >= 15 is 0 Å². The minimum Gasteiger partial charge on any atom is -0.490 e. The van der Waals surface area contributed by atoms with E-state index in [4.69, 9.17) is 21.1 Å². The molecule has 3 aromatic carbocycles. The highest BCUT2D eigenvalue weighted by Gasteiger charge is 2.33. The van der Waals surface area contributed by atoms with Gasteiger partial charge in [0.05, 0.1) is 13.2 Å². The van der Waals surface area contributed by atoms with Crippen LogP contribution >= 0.6 is 27.5 Å². The van der Waals surface area contributed by atoms with Gasteiger partial charge in [0, 0.05) is 9.50 Å². The van der Waals surface area contributed by atoms with Crippen LogP contribution in [0.2, 0.25) is 5.02 Å². The topological polar surface area (TPSA) is 67.9 Å². The maximum absolute atomic E-state index is 13.0. The molecule has 1 aliphatic rings. The fraction of sp³-hybridized carbons (Fsp3) is 0.185. The second-order valence-electron chi connectivity index (χ2n) is 8.04. The van der Waals surface area contributed by atoms with Crippen LogP contribution in [0.5, 0.6) is 11.5 Å². The third kappa shape index (κ3) is 6.05. The monoisotopic (exact) mass is 554 g/mol. The number of halogens is 2. The zero-order valence-electron chi connectivity index (χ0n) is 19.3. The highest BCUT2D eigenvalue weighted by molar-refractivity contribution is 9.10. The molecule has 1 N–H and O–H groups in total. The maximum Gasteiger partial charge on any atom is 0.329 e. The Morgan fingerprint density at radius 1 is 1.00 bits per heavy atom. The highest BCUT2D eigenvalue weighted by atomic mass is 79.9. The number of benzene rings is 3. The van der Waals surface area contributed by atoms with Crippen molar-refractivity contribution in [3.8, 4) is 11.5 Å². The molecule has 1 heterocycles. The smallest absolute Gasteiger partial charge is 0.329 e. The van der Waals surface area contributed by atoms with Crippen LogP contribution in [0.4, 0.5) is 4.79 Å². The van der Waals surface area contributed by atoms with E-state index in [1.165, 1.54) is 4.90 Å². The van der Waals surface area contributed by atoms with Crippen molar-refractivity contribution >= 4 is 45.5 Å². The SMILES string of the molecule is CCOc1cc(/C=C2/NC(=O)N(Cc3cccc(C)c3)C2=O)c(Br)cc1OCc1ccc(Cl)cc1. The molecule has 0 atom stereocenters. The number of carbonyl (C=O) groups excluding carboxylic acids is 2. The lowest BCUT2D eigenvalue weighted by Crippen LogP contribution is -2.30. The molecule has 0 radical (unpaired) electrons. The van der Waals surface area contributed by atoms with Gasteiger partial charge in [0.15, 0.2) is 11.5 Å².